The molecule has 0 amide bonds. The molecular weight excluding hydrogens is 336 g/mol. The van der Waals surface area contributed by atoms with Crippen LogP contribution in [0, 0.1) is 5.92 Å². The minimum Gasteiger partial charge on any atom is -0.465 e. The highest BCUT2D eigenvalue weighted by atomic mass is 16.5. The van der Waals surface area contributed by atoms with E-state index in [-0.39, 0.29) is 5.97 Å². The van der Waals surface area contributed by atoms with E-state index in [1.165, 1.54) is 25.5 Å². The number of carbonyl (C=O) groups is 1. The van der Waals surface area contributed by atoms with Crippen molar-refractivity contribution < 1.29 is 9.53 Å². The molecule has 4 rings (SSSR count). The first-order valence-electron chi connectivity index (χ1n) is 10.0. The van der Waals surface area contributed by atoms with Gasteiger partial charge in [0.05, 0.1) is 18.4 Å². The lowest BCUT2D eigenvalue weighted by Gasteiger charge is -2.34. The van der Waals surface area contributed by atoms with E-state index in [1.54, 1.807) is 0 Å². The molecule has 0 radical (unpaired) electrons. The van der Waals surface area contributed by atoms with Crippen molar-refractivity contribution in [3.63, 3.8) is 0 Å². The molecule has 1 saturated carbocycles. The van der Waals surface area contributed by atoms with Crippen LogP contribution in [0.2, 0.25) is 0 Å². The maximum absolute atomic E-state index is 13.0. The first-order chi connectivity index (χ1) is 13.1. The Morgan fingerprint density at radius 1 is 1.19 bits per heavy atom. The van der Waals surface area contributed by atoms with E-state index in [0.29, 0.717) is 17.4 Å². The summed E-state index contributed by atoms with van der Waals surface area (Å²) in [5, 5.41) is 0. The van der Waals surface area contributed by atoms with Crippen LogP contribution in [0.15, 0.2) is 30.3 Å². The smallest absolute Gasteiger partial charge is 0.340 e. The molecule has 1 aliphatic heterocycles. The zero-order chi connectivity index (χ0) is 19.0. The maximum Gasteiger partial charge on any atom is 0.340 e. The van der Waals surface area contributed by atoms with Gasteiger partial charge in [0.15, 0.2) is 0 Å². The average Bonchev–Trinajstić information content (AvgIpc) is 3.21. The van der Waals surface area contributed by atoms with Crippen LogP contribution in [0.3, 0.4) is 0 Å². The average molecular weight is 364 g/mol. The van der Waals surface area contributed by atoms with Crippen molar-refractivity contribution in [1.29, 1.82) is 0 Å². The monoisotopic (exact) mass is 364 g/mol. The summed E-state index contributed by atoms with van der Waals surface area (Å²) in [5.41, 5.74) is 4.94. The third-order valence-corrected chi connectivity index (χ3v) is 6.00. The molecular formula is C23H28N2O2. The van der Waals surface area contributed by atoms with Crippen molar-refractivity contribution in [2.24, 2.45) is 5.92 Å². The Kier molecular flexibility index (Phi) is 4.90. The van der Waals surface area contributed by atoms with Crippen LogP contribution >= 0.6 is 0 Å². The number of carbonyl (C=O) groups excluding carboxylic acids is 1. The van der Waals surface area contributed by atoms with Gasteiger partial charge in [-0.2, -0.15) is 0 Å². The highest BCUT2D eigenvalue weighted by Crippen LogP contribution is 2.44. The van der Waals surface area contributed by atoms with Crippen LogP contribution in [-0.4, -0.2) is 31.7 Å². The van der Waals surface area contributed by atoms with Crippen molar-refractivity contribution >= 4 is 11.8 Å². The largest absolute Gasteiger partial charge is 0.465 e. The van der Waals surface area contributed by atoms with Crippen LogP contribution < -0.4 is 4.90 Å². The number of rotatable bonds is 3. The second kappa shape index (κ2) is 7.34. The molecule has 4 nitrogen and oxygen atoms in total. The molecule has 0 saturated heterocycles. The normalized spacial score (nSPS) is 19.8. The van der Waals surface area contributed by atoms with E-state index < -0.39 is 0 Å². The summed E-state index contributed by atoms with van der Waals surface area (Å²) in [4.78, 5) is 20.3. The number of benzene rings is 1. The third-order valence-electron chi connectivity index (χ3n) is 6.00. The molecule has 0 bridgehead atoms. The van der Waals surface area contributed by atoms with Gasteiger partial charge in [0.2, 0.25) is 0 Å². The molecule has 1 aliphatic carbocycles. The van der Waals surface area contributed by atoms with E-state index >= 15 is 0 Å². The summed E-state index contributed by atoms with van der Waals surface area (Å²) >= 11 is 0. The number of pyridine rings is 1. The summed E-state index contributed by atoms with van der Waals surface area (Å²) in [5.74, 6) is 1.66. The molecule has 1 atom stereocenters. The summed E-state index contributed by atoms with van der Waals surface area (Å²) in [6.45, 7) is 3.26. The fourth-order valence-electron chi connectivity index (χ4n) is 4.83. The molecule has 27 heavy (non-hydrogen) atoms. The van der Waals surface area contributed by atoms with Crippen molar-refractivity contribution in [1.82, 2.24) is 4.98 Å². The van der Waals surface area contributed by atoms with Crippen molar-refractivity contribution in [3.8, 4) is 11.1 Å². The standard InChI is InChI=1S/C23H28N2O2/c1-15-13-18-19(16-9-5-4-6-10-16)20(23(26)27-3)21(17-11-7-8-12-17)24-22(18)25(2)14-15/h4-6,9-10,15,17H,7-8,11-14H2,1-3H3. The number of esters is 1. The van der Waals surface area contributed by atoms with E-state index in [9.17, 15) is 4.79 Å². The van der Waals surface area contributed by atoms with Gasteiger partial charge in [0, 0.05) is 30.6 Å². The Hall–Kier alpha value is -2.36. The van der Waals surface area contributed by atoms with Gasteiger partial charge in [0.1, 0.15) is 5.82 Å². The van der Waals surface area contributed by atoms with Crippen LogP contribution in [0.1, 0.15) is 60.1 Å². The van der Waals surface area contributed by atoms with Crippen molar-refractivity contribution in [2.45, 2.75) is 44.9 Å². The van der Waals surface area contributed by atoms with Crippen molar-refractivity contribution in [3.05, 3.63) is 47.2 Å². The van der Waals surface area contributed by atoms with E-state index in [0.717, 1.165) is 48.4 Å². The molecule has 4 heteroatoms. The van der Waals surface area contributed by atoms with Gasteiger partial charge in [-0.05, 0) is 30.7 Å². The van der Waals surface area contributed by atoms with E-state index in [1.807, 2.05) is 18.2 Å². The SMILES string of the molecule is COC(=O)c1c(C2CCCC2)nc2c(c1-c1ccccc1)CC(C)CN2C. The Bertz CT molecular complexity index is 841. The predicted molar refractivity (Wildman–Crippen MR) is 108 cm³/mol. The summed E-state index contributed by atoms with van der Waals surface area (Å²) in [7, 11) is 3.59. The number of fused-ring (bicyclic) bond motifs is 1. The minimum atomic E-state index is -0.257. The number of nitrogens with zero attached hydrogens (tertiary/aromatic N) is 2. The molecule has 2 heterocycles. The molecule has 1 aromatic heterocycles. The molecule has 2 aromatic rings. The van der Waals surface area contributed by atoms with Gasteiger partial charge in [-0.1, -0.05) is 50.1 Å². The zero-order valence-electron chi connectivity index (χ0n) is 16.5. The van der Waals surface area contributed by atoms with Crippen molar-refractivity contribution in [2.75, 3.05) is 25.6 Å². The van der Waals surface area contributed by atoms with Gasteiger partial charge in [0.25, 0.3) is 0 Å². The second-order valence-electron chi connectivity index (χ2n) is 8.08. The van der Waals surface area contributed by atoms with Gasteiger partial charge in [-0.3, -0.25) is 0 Å². The fraction of sp³-hybridized carbons (Fsp3) is 0.478. The number of aromatic nitrogens is 1. The predicted octanol–water partition coefficient (Wildman–Crippen LogP) is 4.82. The van der Waals surface area contributed by atoms with Crippen LogP contribution in [0.4, 0.5) is 5.82 Å². The topological polar surface area (TPSA) is 42.4 Å². The number of hydrogen-bond acceptors (Lipinski definition) is 4. The molecule has 1 aromatic carbocycles. The maximum atomic E-state index is 13.0. The first-order valence-corrected chi connectivity index (χ1v) is 10.0. The number of methoxy groups -OCH3 is 1. The number of anilines is 1. The lowest BCUT2D eigenvalue weighted by atomic mass is 9.84. The van der Waals surface area contributed by atoms with E-state index in [4.69, 9.17) is 9.72 Å². The highest BCUT2D eigenvalue weighted by Gasteiger charge is 2.34. The molecule has 1 fully saturated rings. The second-order valence-corrected chi connectivity index (χ2v) is 8.08. The number of ether oxygens (including phenoxy) is 1. The lowest BCUT2D eigenvalue weighted by Crippen LogP contribution is -2.33. The highest BCUT2D eigenvalue weighted by molar-refractivity contribution is 6.00. The minimum absolute atomic E-state index is 0.257. The lowest BCUT2D eigenvalue weighted by molar-refractivity contribution is 0.0599. The van der Waals surface area contributed by atoms with Gasteiger partial charge < -0.3 is 9.64 Å². The van der Waals surface area contributed by atoms with Crippen LogP contribution in [-0.2, 0) is 11.2 Å². The Morgan fingerprint density at radius 3 is 2.56 bits per heavy atom. The molecule has 2 aliphatic rings. The summed E-state index contributed by atoms with van der Waals surface area (Å²) < 4.78 is 5.25. The van der Waals surface area contributed by atoms with Crippen LogP contribution in [0.5, 0.6) is 0 Å². The van der Waals surface area contributed by atoms with Gasteiger partial charge >= 0.3 is 5.97 Å². The molecule has 0 spiro atoms. The molecule has 142 valence electrons. The van der Waals surface area contributed by atoms with E-state index in [2.05, 4.69) is 31.0 Å². The molecule has 1 unspecified atom stereocenters. The Morgan fingerprint density at radius 2 is 1.89 bits per heavy atom. The third kappa shape index (κ3) is 3.22. The number of hydrogen-bond donors (Lipinski definition) is 0. The van der Waals surface area contributed by atoms with Crippen LogP contribution in [0.25, 0.3) is 11.1 Å². The summed E-state index contributed by atoms with van der Waals surface area (Å²) in [6, 6.07) is 10.3. The Labute approximate surface area is 161 Å². The first kappa shape index (κ1) is 18.0. The summed E-state index contributed by atoms with van der Waals surface area (Å²) in [6.07, 6.45) is 5.55. The zero-order valence-corrected chi connectivity index (χ0v) is 16.5. The van der Waals surface area contributed by atoms with Gasteiger partial charge in [-0.15, -0.1) is 0 Å². The quantitative estimate of drug-likeness (QED) is 0.732. The molecule has 0 N–H and O–H groups in total. The fourth-order valence-corrected chi connectivity index (χ4v) is 4.83. The Balaban J connectivity index is 2.04. The van der Waals surface area contributed by atoms with Gasteiger partial charge in [-0.25, -0.2) is 9.78 Å².